The van der Waals surface area contributed by atoms with Crippen molar-refractivity contribution < 1.29 is 14.3 Å². The molecule has 26 heavy (non-hydrogen) atoms. The van der Waals surface area contributed by atoms with Crippen LogP contribution in [0.1, 0.15) is 34.1 Å². The minimum Gasteiger partial charge on any atom is -0.444 e. The predicted molar refractivity (Wildman–Crippen MR) is 108 cm³/mol. The van der Waals surface area contributed by atoms with Crippen molar-refractivity contribution in [2.75, 3.05) is 29.5 Å². The molecule has 0 bridgehead atoms. The third kappa shape index (κ3) is 5.81. The van der Waals surface area contributed by atoms with Crippen LogP contribution in [0.25, 0.3) is 0 Å². The Morgan fingerprint density at radius 2 is 2.12 bits per heavy atom. The lowest BCUT2D eigenvalue weighted by molar-refractivity contribution is -0.122. The highest BCUT2D eigenvalue weighted by Crippen LogP contribution is 2.26. The summed E-state index contributed by atoms with van der Waals surface area (Å²) >= 11 is 7.90. The van der Waals surface area contributed by atoms with Crippen LogP contribution in [0.15, 0.2) is 24.3 Å². The second-order valence-electron chi connectivity index (χ2n) is 7.23. The third-order valence-electron chi connectivity index (χ3n) is 3.99. The van der Waals surface area contributed by atoms with Crippen LogP contribution in [0.2, 0.25) is 5.02 Å². The van der Waals surface area contributed by atoms with E-state index in [1.165, 1.54) is 0 Å². The fourth-order valence-electron chi connectivity index (χ4n) is 2.81. The number of rotatable bonds is 5. The maximum atomic E-state index is 12.7. The molecule has 2 rings (SSSR count). The van der Waals surface area contributed by atoms with Crippen LogP contribution in [0, 0.1) is 0 Å². The topological polar surface area (TPSA) is 49.9 Å². The number of halogens is 1. The van der Waals surface area contributed by atoms with Crippen LogP contribution in [-0.4, -0.2) is 53.1 Å². The summed E-state index contributed by atoms with van der Waals surface area (Å²) < 4.78 is 5.51. The lowest BCUT2D eigenvalue weighted by Gasteiger charge is -2.41. The zero-order valence-corrected chi connectivity index (χ0v) is 17.4. The van der Waals surface area contributed by atoms with Gasteiger partial charge in [-0.2, -0.15) is 11.8 Å². The van der Waals surface area contributed by atoms with Crippen LogP contribution in [0.4, 0.5) is 10.5 Å². The number of carbonyl (C=O) groups is 2. The maximum Gasteiger partial charge on any atom is 0.411 e. The van der Waals surface area contributed by atoms with E-state index >= 15 is 0 Å². The largest absolute Gasteiger partial charge is 0.444 e. The highest BCUT2D eigenvalue weighted by atomic mass is 35.5. The van der Waals surface area contributed by atoms with Gasteiger partial charge in [0.15, 0.2) is 0 Å². The summed E-state index contributed by atoms with van der Waals surface area (Å²) in [4.78, 5) is 28.6. The van der Waals surface area contributed by atoms with Crippen LogP contribution >= 0.6 is 23.4 Å². The zero-order valence-electron chi connectivity index (χ0n) is 15.8. The first-order chi connectivity index (χ1) is 12.2. The van der Waals surface area contributed by atoms with E-state index in [0.717, 1.165) is 23.6 Å². The predicted octanol–water partition coefficient (Wildman–Crippen LogP) is 4.44. The van der Waals surface area contributed by atoms with Crippen LogP contribution in [-0.2, 0) is 9.53 Å². The van der Waals surface area contributed by atoms with Crippen molar-refractivity contribution in [2.24, 2.45) is 0 Å². The van der Waals surface area contributed by atoms with E-state index < -0.39 is 11.7 Å². The Kier molecular flexibility index (Phi) is 7.24. The van der Waals surface area contributed by atoms with Crippen molar-refractivity contribution in [1.82, 2.24) is 4.90 Å². The summed E-state index contributed by atoms with van der Waals surface area (Å²) in [7, 11) is 0. The van der Waals surface area contributed by atoms with E-state index in [2.05, 4.69) is 6.92 Å². The molecule has 1 aliphatic rings. The minimum absolute atomic E-state index is 0.0168. The van der Waals surface area contributed by atoms with Gasteiger partial charge in [-0.3, -0.25) is 9.69 Å². The van der Waals surface area contributed by atoms with E-state index in [1.54, 1.807) is 21.9 Å². The molecule has 144 valence electrons. The molecule has 5 nitrogen and oxygen atoms in total. The lowest BCUT2D eigenvalue weighted by atomic mass is 10.1. The maximum absolute atomic E-state index is 12.7. The molecule has 1 unspecified atom stereocenters. The summed E-state index contributed by atoms with van der Waals surface area (Å²) in [5.41, 5.74) is 0.173. The first-order valence-electron chi connectivity index (χ1n) is 8.84. The summed E-state index contributed by atoms with van der Waals surface area (Å²) in [6, 6.07) is 7.17. The van der Waals surface area contributed by atoms with Crippen LogP contribution < -0.4 is 4.90 Å². The number of thioether (sulfide) groups is 1. The molecule has 1 aliphatic heterocycles. The Balaban J connectivity index is 2.19. The second kappa shape index (κ2) is 9.00. The van der Waals surface area contributed by atoms with Crippen molar-refractivity contribution in [3.8, 4) is 0 Å². The number of benzene rings is 1. The van der Waals surface area contributed by atoms with Gasteiger partial charge < -0.3 is 9.64 Å². The Hall–Kier alpha value is -1.40. The van der Waals surface area contributed by atoms with Gasteiger partial charge in [-0.25, -0.2) is 4.79 Å². The highest BCUT2D eigenvalue weighted by molar-refractivity contribution is 7.99. The second-order valence-corrected chi connectivity index (χ2v) is 9.06. The molecule has 0 aromatic heterocycles. The number of carbonyl (C=O) groups excluding carboxylic acids is 2. The first-order valence-corrected chi connectivity index (χ1v) is 10.4. The standard InChI is InChI=1S/C19H27ClN2O3S/c1-5-26-10-9-16-12-21(15-8-6-7-14(20)11-15)17(23)13-22(16)18(24)25-19(2,3)4/h6-8,11,16H,5,9-10,12-13H2,1-4H3. The number of anilines is 1. The molecule has 1 atom stereocenters. The average Bonchev–Trinajstić information content (AvgIpc) is 2.54. The van der Waals surface area contributed by atoms with Crippen molar-refractivity contribution in [1.29, 1.82) is 0 Å². The third-order valence-corrected chi connectivity index (χ3v) is 5.16. The normalized spacial score (nSPS) is 18.2. The van der Waals surface area contributed by atoms with Gasteiger partial charge in [-0.1, -0.05) is 24.6 Å². The summed E-state index contributed by atoms with van der Waals surface area (Å²) in [5.74, 6) is 1.83. The molecular weight excluding hydrogens is 372 g/mol. The minimum atomic E-state index is -0.590. The van der Waals surface area contributed by atoms with Crippen LogP contribution in [0.3, 0.4) is 0 Å². The molecule has 1 aromatic carbocycles. The van der Waals surface area contributed by atoms with Crippen molar-refractivity contribution >= 4 is 41.1 Å². The Bertz CT molecular complexity index is 648. The lowest BCUT2D eigenvalue weighted by Crippen LogP contribution is -2.59. The fraction of sp³-hybridized carbons (Fsp3) is 0.579. The van der Waals surface area contributed by atoms with Gasteiger partial charge in [0.2, 0.25) is 5.91 Å². The molecule has 1 heterocycles. The Morgan fingerprint density at radius 1 is 1.38 bits per heavy atom. The molecule has 0 N–H and O–H groups in total. The number of amides is 2. The molecule has 2 amide bonds. The van der Waals surface area contributed by atoms with Gasteiger partial charge in [-0.15, -0.1) is 0 Å². The summed E-state index contributed by atoms with van der Waals surface area (Å²) in [6.45, 7) is 8.06. The van der Waals surface area contributed by atoms with E-state index in [0.29, 0.717) is 11.6 Å². The van der Waals surface area contributed by atoms with Crippen molar-refractivity contribution in [3.63, 3.8) is 0 Å². The van der Waals surface area contributed by atoms with Gasteiger partial charge in [0.25, 0.3) is 0 Å². The van der Waals surface area contributed by atoms with E-state index in [4.69, 9.17) is 16.3 Å². The van der Waals surface area contributed by atoms with Gasteiger partial charge >= 0.3 is 6.09 Å². The molecule has 1 aromatic rings. The van der Waals surface area contributed by atoms with Gasteiger partial charge in [0, 0.05) is 17.3 Å². The van der Waals surface area contributed by atoms with Crippen LogP contribution in [0.5, 0.6) is 0 Å². The molecule has 1 fully saturated rings. The molecule has 0 aliphatic carbocycles. The van der Waals surface area contributed by atoms with Crippen molar-refractivity contribution in [2.45, 2.75) is 45.8 Å². The van der Waals surface area contributed by atoms with Crippen molar-refractivity contribution in [3.05, 3.63) is 29.3 Å². The molecular formula is C19H27ClN2O3S. The molecule has 0 radical (unpaired) electrons. The fourth-order valence-corrected chi connectivity index (χ4v) is 3.72. The quantitative estimate of drug-likeness (QED) is 0.688. The first kappa shape index (κ1) is 20.9. The summed E-state index contributed by atoms with van der Waals surface area (Å²) in [6.07, 6.45) is 0.380. The number of ether oxygens (including phenoxy) is 1. The monoisotopic (exact) mass is 398 g/mol. The zero-order chi connectivity index (χ0) is 19.3. The smallest absolute Gasteiger partial charge is 0.411 e. The molecule has 0 spiro atoms. The summed E-state index contributed by atoms with van der Waals surface area (Å²) in [5, 5.41) is 0.586. The van der Waals surface area contributed by atoms with E-state index in [9.17, 15) is 9.59 Å². The SMILES string of the molecule is CCSCCC1CN(c2cccc(Cl)c2)C(=O)CN1C(=O)OC(C)(C)C. The van der Waals surface area contributed by atoms with Gasteiger partial charge in [0.1, 0.15) is 12.1 Å². The van der Waals surface area contributed by atoms with E-state index in [1.807, 2.05) is 44.7 Å². The number of hydrogen-bond acceptors (Lipinski definition) is 4. The average molecular weight is 399 g/mol. The Morgan fingerprint density at radius 3 is 2.73 bits per heavy atom. The van der Waals surface area contributed by atoms with Gasteiger partial charge in [-0.05, 0) is 56.9 Å². The number of nitrogens with zero attached hydrogens (tertiary/aromatic N) is 2. The van der Waals surface area contributed by atoms with Gasteiger partial charge in [0.05, 0.1) is 6.04 Å². The van der Waals surface area contributed by atoms with E-state index in [-0.39, 0.29) is 18.5 Å². The molecule has 7 heteroatoms. The molecule has 1 saturated heterocycles. The number of piperazine rings is 1. The number of hydrogen-bond donors (Lipinski definition) is 0. The Labute approximate surface area is 165 Å². The highest BCUT2D eigenvalue weighted by Gasteiger charge is 2.37. The molecule has 0 saturated carbocycles.